The second-order valence-electron chi connectivity index (χ2n) is 4.50. The highest BCUT2D eigenvalue weighted by molar-refractivity contribution is 7.15. The van der Waals surface area contributed by atoms with Gasteiger partial charge < -0.3 is 10.1 Å². The lowest BCUT2D eigenvalue weighted by molar-refractivity contribution is 0.249. The van der Waals surface area contributed by atoms with E-state index in [1.807, 2.05) is 12.1 Å². The number of halogens is 1. The largest absolute Gasteiger partial charge is 0.494 e. The van der Waals surface area contributed by atoms with E-state index in [1.165, 1.54) is 16.2 Å². The number of aryl methyl sites for hydroxylation is 1. The Hall–Kier alpha value is -1.86. The molecule has 1 aromatic carbocycles. The monoisotopic (exact) mass is 340 g/mol. The molecule has 0 bridgehead atoms. The van der Waals surface area contributed by atoms with Gasteiger partial charge in [-0.1, -0.05) is 22.9 Å². The van der Waals surface area contributed by atoms with Gasteiger partial charge >= 0.3 is 6.03 Å². The highest BCUT2D eigenvalue weighted by Gasteiger charge is 2.13. The topological polar surface area (TPSA) is 67.4 Å². The molecule has 0 aliphatic rings. The van der Waals surface area contributed by atoms with Crippen molar-refractivity contribution in [3.63, 3.8) is 0 Å². The van der Waals surface area contributed by atoms with Gasteiger partial charge in [-0.25, -0.2) is 4.79 Å². The molecule has 2 amide bonds. The lowest BCUT2D eigenvalue weighted by atomic mass is 10.3. The number of carbonyl (C=O) groups excluding carboxylic acids is 1. The predicted octanol–water partition coefficient (Wildman–Crippen LogP) is 2.98. The van der Waals surface area contributed by atoms with Crippen molar-refractivity contribution in [2.24, 2.45) is 0 Å². The Morgan fingerprint density at radius 3 is 2.77 bits per heavy atom. The quantitative estimate of drug-likeness (QED) is 0.821. The molecule has 0 saturated carbocycles. The van der Waals surface area contributed by atoms with Crippen molar-refractivity contribution >= 4 is 34.1 Å². The fourth-order valence-corrected chi connectivity index (χ4v) is 2.65. The zero-order chi connectivity index (χ0) is 15.9. The van der Waals surface area contributed by atoms with Crippen LogP contribution in [-0.4, -0.2) is 36.9 Å². The van der Waals surface area contributed by atoms with Gasteiger partial charge in [-0.3, -0.25) is 4.90 Å². The summed E-state index contributed by atoms with van der Waals surface area (Å²) in [6, 6.07) is 7.05. The zero-order valence-electron chi connectivity index (χ0n) is 12.4. The predicted molar refractivity (Wildman–Crippen MR) is 88.0 cm³/mol. The van der Waals surface area contributed by atoms with Crippen molar-refractivity contribution in [2.45, 2.75) is 12.8 Å². The number of nitrogens with zero attached hydrogens (tertiary/aromatic N) is 3. The summed E-state index contributed by atoms with van der Waals surface area (Å²) in [6.45, 7) is 0.585. The summed E-state index contributed by atoms with van der Waals surface area (Å²) in [5.41, 5.74) is 0. The molecule has 6 nitrogen and oxygen atoms in total. The van der Waals surface area contributed by atoms with Gasteiger partial charge in [0, 0.05) is 25.5 Å². The highest BCUT2D eigenvalue weighted by atomic mass is 35.5. The second kappa shape index (κ2) is 7.95. The second-order valence-corrected chi connectivity index (χ2v) is 5.98. The van der Waals surface area contributed by atoms with Crippen LogP contribution in [-0.2, 0) is 6.42 Å². The molecule has 0 unspecified atom stereocenters. The van der Waals surface area contributed by atoms with E-state index < -0.39 is 0 Å². The summed E-state index contributed by atoms with van der Waals surface area (Å²) in [4.78, 5) is 12.9. The molecule has 1 N–H and O–H groups in total. The first-order valence-electron chi connectivity index (χ1n) is 6.76. The minimum atomic E-state index is -0.214. The van der Waals surface area contributed by atoms with Crippen LogP contribution in [0.25, 0.3) is 0 Å². The average Bonchev–Trinajstić information content (AvgIpc) is 3.00. The van der Waals surface area contributed by atoms with Gasteiger partial charge in [0.15, 0.2) is 0 Å². The van der Waals surface area contributed by atoms with E-state index in [0.717, 1.165) is 23.6 Å². The summed E-state index contributed by atoms with van der Waals surface area (Å²) in [7, 11) is 3.24. The lowest BCUT2D eigenvalue weighted by Crippen LogP contribution is -2.34. The fourth-order valence-electron chi connectivity index (χ4n) is 1.68. The maximum atomic E-state index is 11.5. The van der Waals surface area contributed by atoms with Gasteiger partial charge in [0.25, 0.3) is 0 Å². The number of anilines is 1. The Morgan fingerprint density at radius 1 is 1.36 bits per heavy atom. The number of aromatic nitrogens is 2. The summed E-state index contributed by atoms with van der Waals surface area (Å²) in [6.07, 6.45) is 1.58. The van der Waals surface area contributed by atoms with Crippen LogP contribution >= 0.6 is 22.9 Å². The van der Waals surface area contributed by atoms with Gasteiger partial charge in [-0.2, -0.15) is 0 Å². The third-order valence-electron chi connectivity index (χ3n) is 2.88. The van der Waals surface area contributed by atoms with E-state index >= 15 is 0 Å². The van der Waals surface area contributed by atoms with E-state index in [1.54, 1.807) is 26.2 Å². The molecule has 8 heteroatoms. The van der Waals surface area contributed by atoms with Crippen molar-refractivity contribution in [3.05, 3.63) is 34.3 Å². The summed E-state index contributed by atoms with van der Waals surface area (Å²) in [5.74, 6) is 0.793. The number of rotatable bonds is 6. The number of urea groups is 1. The summed E-state index contributed by atoms with van der Waals surface area (Å²) >= 11 is 7.21. The van der Waals surface area contributed by atoms with Crippen molar-refractivity contribution in [3.8, 4) is 5.75 Å². The molecule has 2 rings (SSSR count). The van der Waals surface area contributed by atoms with Crippen LogP contribution < -0.4 is 15.0 Å². The van der Waals surface area contributed by atoms with Crippen LogP contribution in [0, 0.1) is 0 Å². The van der Waals surface area contributed by atoms with Gasteiger partial charge in [-0.05, 0) is 30.7 Å². The van der Waals surface area contributed by atoms with Gasteiger partial charge in [0.05, 0.1) is 6.61 Å². The molecule has 0 spiro atoms. The van der Waals surface area contributed by atoms with Crippen molar-refractivity contribution in [1.29, 1.82) is 0 Å². The molecule has 2 aromatic rings. The lowest BCUT2D eigenvalue weighted by Gasteiger charge is -2.11. The first-order chi connectivity index (χ1) is 10.6. The van der Waals surface area contributed by atoms with Crippen LogP contribution in [0.5, 0.6) is 5.75 Å². The zero-order valence-corrected chi connectivity index (χ0v) is 13.9. The Kier molecular flexibility index (Phi) is 5.97. The Labute approximate surface area is 138 Å². The molecule has 0 radical (unpaired) electrons. The Bertz CT molecular complexity index is 618. The van der Waals surface area contributed by atoms with E-state index in [9.17, 15) is 4.79 Å². The maximum absolute atomic E-state index is 11.5. The molecule has 1 aromatic heterocycles. The van der Waals surface area contributed by atoms with Crippen molar-refractivity contribution in [2.75, 3.05) is 25.6 Å². The van der Waals surface area contributed by atoms with Gasteiger partial charge in [-0.15, -0.1) is 10.2 Å². The summed E-state index contributed by atoms with van der Waals surface area (Å²) < 4.78 is 5.62. The molecule has 118 valence electrons. The first-order valence-corrected chi connectivity index (χ1v) is 7.96. The van der Waals surface area contributed by atoms with E-state index in [-0.39, 0.29) is 6.03 Å². The molecule has 22 heavy (non-hydrogen) atoms. The van der Waals surface area contributed by atoms with Gasteiger partial charge in [0.2, 0.25) is 5.13 Å². The molecule has 0 aliphatic heterocycles. The van der Waals surface area contributed by atoms with Gasteiger partial charge in [0.1, 0.15) is 10.8 Å². The normalized spacial score (nSPS) is 10.3. The first kappa shape index (κ1) is 16.5. The van der Waals surface area contributed by atoms with Crippen molar-refractivity contribution in [1.82, 2.24) is 15.5 Å². The smallest absolute Gasteiger partial charge is 0.323 e. The van der Waals surface area contributed by atoms with Crippen LogP contribution in [0.4, 0.5) is 9.93 Å². The minimum Gasteiger partial charge on any atom is -0.494 e. The van der Waals surface area contributed by atoms with E-state index in [0.29, 0.717) is 16.8 Å². The van der Waals surface area contributed by atoms with Crippen molar-refractivity contribution < 1.29 is 9.53 Å². The number of carbonyl (C=O) groups is 1. The Balaban J connectivity index is 1.76. The molecule has 0 atom stereocenters. The number of hydrogen-bond acceptors (Lipinski definition) is 5. The molecular formula is C14H17ClN4O2S. The maximum Gasteiger partial charge on any atom is 0.323 e. The van der Waals surface area contributed by atoms with E-state index in [2.05, 4.69) is 15.5 Å². The number of benzene rings is 1. The minimum absolute atomic E-state index is 0.214. The third kappa shape index (κ3) is 4.57. The molecule has 1 heterocycles. The number of hydrogen-bond donors (Lipinski definition) is 1. The van der Waals surface area contributed by atoms with E-state index in [4.69, 9.17) is 16.3 Å². The number of amides is 2. The number of nitrogens with one attached hydrogen (secondary N) is 1. The highest BCUT2D eigenvalue weighted by Crippen LogP contribution is 2.20. The molecule has 0 saturated heterocycles. The average molecular weight is 341 g/mol. The number of ether oxygens (including phenoxy) is 1. The molecular weight excluding hydrogens is 324 g/mol. The van der Waals surface area contributed by atoms with Crippen LogP contribution in [0.1, 0.15) is 11.4 Å². The van der Waals surface area contributed by atoms with Crippen LogP contribution in [0.15, 0.2) is 24.3 Å². The Morgan fingerprint density at radius 2 is 2.09 bits per heavy atom. The SMILES string of the molecule is CNC(=O)N(C)c1nnc(CCCOc2ccc(Cl)cc2)s1. The standard InChI is InChI=1S/C14H17ClN4O2S/c1-16-13(20)19(2)14-18-17-12(22-14)4-3-9-21-11-7-5-10(15)6-8-11/h5-8H,3-4,9H2,1-2H3,(H,16,20). The summed E-state index contributed by atoms with van der Waals surface area (Å²) in [5, 5.41) is 12.8. The van der Waals surface area contributed by atoms with Crippen LogP contribution in [0.2, 0.25) is 5.02 Å². The fraction of sp³-hybridized carbons (Fsp3) is 0.357. The molecule has 0 fully saturated rings. The third-order valence-corrected chi connectivity index (χ3v) is 4.19. The van der Waals surface area contributed by atoms with Crippen LogP contribution in [0.3, 0.4) is 0 Å². The molecule has 0 aliphatic carbocycles.